The number of benzene rings is 3. The van der Waals surface area contributed by atoms with E-state index in [2.05, 4.69) is 10.6 Å². The van der Waals surface area contributed by atoms with Gasteiger partial charge in [0.05, 0.1) is 14.2 Å². The van der Waals surface area contributed by atoms with E-state index in [9.17, 15) is 14.4 Å². The largest absolute Gasteiger partial charge is 0.497 e. The maximum atomic E-state index is 13.3. The third-order valence-electron chi connectivity index (χ3n) is 5.67. The van der Waals surface area contributed by atoms with E-state index in [1.165, 1.54) is 19.3 Å². The Balaban J connectivity index is 1.56. The van der Waals surface area contributed by atoms with Crippen molar-refractivity contribution >= 4 is 46.8 Å². The summed E-state index contributed by atoms with van der Waals surface area (Å²) in [5, 5.41) is 9.38. The van der Waals surface area contributed by atoms with Crippen molar-refractivity contribution in [2.75, 3.05) is 19.5 Å². The molecule has 0 aliphatic heterocycles. The first kappa shape index (κ1) is 27.1. The summed E-state index contributed by atoms with van der Waals surface area (Å²) < 4.78 is 10.7. The first-order valence-corrected chi connectivity index (χ1v) is 12.9. The van der Waals surface area contributed by atoms with Crippen LogP contribution in [0.3, 0.4) is 0 Å². The molecule has 39 heavy (non-hydrogen) atoms. The smallest absolute Gasteiger partial charge is 0.272 e. The molecule has 0 unspecified atom stereocenters. The highest BCUT2D eigenvalue weighted by Gasteiger charge is 2.17. The Morgan fingerprint density at radius 1 is 0.846 bits per heavy atom. The molecule has 8 heteroatoms. The predicted octanol–water partition coefficient (Wildman–Crippen LogP) is 6.07. The Hall–Kier alpha value is -4.95. The minimum absolute atomic E-state index is 0.00571. The van der Waals surface area contributed by atoms with Crippen LogP contribution in [0.1, 0.15) is 31.8 Å². The topological polar surface area (TPSA) is 93.7 Å². The fourth-order valence-corrected chi connectivity index (χ4v) is 4.22. The number of methoxy groups -OCH3 is 2. The van der Waals surface area contributed by atoms with Crippen molar-refractivity contribution in [3.8, 4) is 11.5 Å². The highest BCUT2D eigenvalue weighted by Crippen LogP contribution is 2.26. The zero-order valence-electron chi connectivity index (χ0n) is 21.3. The lowest BCUT2D eigenvalue weighted by Crippen LogP contribution is -2.30. The summed E-state index contributed by atoms with van der Waals surface area (Å²) in [6.45, 7) is 0. The number of amides is 2. The quantitative estimate of drug-likeness (QED) is 0.189. The van der Waals surface area contributed by atoms with Crippen LogP contribution in [0.2, 0.25) is 0 Å². The summed E-state index contributed by atoms with van der Waals surface area (Å²) in [4.78, 5) is 38.7. The number of carbonyl (C=O) groups is 3. The molecular weight excluding hydrogens is 512 g/mol. The van der Waals surface area contributed by atoms with E-state index in [1.807, 2.05) is 16.8 Å². The van der Waals surface area contributed by atoms with Gasteiger partial charge in [0, 0.05) is 28.4 Å². The van der Waals surface area contributed by atoms with Crippen LogP contribution in [0, 0.1) is 0 Å². The molecule has 3 aromatic carbocycles. The van der Waals surface area contributed by atoms with Gasteiger partial charge in [-0.3, -0.25) is 14.4 Å². The molecule has 0 atom stereocenters. The summed E-state index contributed by atoms with van der Waals surface area (Å²) in [7, 11) is 3.05. The molecule has 1 heterocycles. The Morgan fingerprint density at radius 2 is 1.62 bits per heavy atom. The maximum absolute atomic E-state index is 13.3. The van der Waals surface area contributed by atoms with Gasteiger partial charge in [0.1, 0.15) is 17.2 Å². The zero-order valence-corrected chi connectivity index (χ0v) is 22.2. The minimum atomic E-state index is -0.548. The van der Waals surface area contributed by atoms with Gasteiger partial charge < -0.3 is 20.1 Å². The van der Waals surface area contributed by atoms with Crippen LogP contribution < -0.4 is 20.1 Å². The van der Waals surface area contributed by atoms with Crippen LogP contribution in [0.15, 0.2) is 101 Å². The summed E-state index contributed by atoms with van der Waals surface area (Å²) in [5.74, 6) is -0.0899. The van der Waals surface area contributed by atoms with E-state index in [-0.39, 0.29) is 11.5 Å². The summed E-state index contributed by atoms with van der Waals surface area (Å²) in [6, 6.07) is 22.2. The normalized spacial score (nSPS) is 11.2. The number of hydrogen-bond acceptors (Lipinski definition) is 6. The number of rotatable bonds is 10. The second kappa shape index (κ2) is 13.0. The Morgan fingerprint density at radius 3 is 2.28 bits per heavy atom. The molecule has 4 rings (SSSR count). The second-order valence-electron chi connectivity index (χ2n) is 8.27. The van der Waals surface area contributed by atoms with Gasteiger partial charge in [0.2, 0.25) is 0 Å². The van der Waals surface area contributed by atoms with Crippen molar-refractivity contribution in [3.63, 3.8) is 0 Å². The molecule has 0 bridgehead atoms. The van der Waals surface area contributed by atoms with Crippen LogP contribution >= 0.6 is 11.3 Å². The first-order chi connectivity index (χ1) is 19.0. The number of carbonyl (C=O) groups excluding carboxylic acids is 3. The average Bonchev–Trinajstić information content (AvgIpc) is 3.50. The van der Waals surface area contributed by atoms with Crippen molar-refractivity contribution in [1.82, 2.24) is 5.32 Å². The lowest BCUT2D eigenvalue weighted by atomic mass is 10.1. The molecular formula is C31H26N2O5S. The number of allylic oxidation sites excluding steroid dienone is 1. The second-order valence-corrected chi connectivity index (χ2v) is 9.05. The van der Waals surface area contributed by atoms with Crippen molar-refractivity contribution in [3.05, 3.63) is 124 Å². The van der Waals surface area contributed by atoms with E-state index in [0.717, 1.165) is 5.56 Å². The average molecular weight is 539 g/mol. The first-order valence-electron chi connectivity index (χ1n) is 11.9. The highest BCUT2D eigenvalue weighted by atomic mass is 32.1. The Labute approximate surface area is 230 Å². The summed E-state index contributed by atoms with van der Waals surface area (Å²) in [5.41, 5.74) is 2.87. The standard InChI is InChI=1S/C31H26N2O5S/c1-37-26-14-11-24(29(19-26)38-2)18-27(33-30(35)23-6-4-3-5-7-23)31(36)32-25-12-9-22(10-13-25)28(34)15-8-21-16-17-39-20-21/h3-20H,1-2H3,(H,32,36)(H,33,35)/b15-8+,27-18-. The lowest BCUT2D eigenvalue weighted by Gasteiger charge is -2.13. The predicted molar refractivity (Wildman–Crippen MR) is 154 cm³/mol. The van der Waals surface area contributed by atoms with Gasteiger partial charge in [-0.25, -0.2) is 0 Å². The molecule has 2 N–H and O–H groups in total. The molecule has 4 aromatic rings. The molecule has 0 aliphatic rings. The van der Waals surface area contributed by atoms with E-state index >= 15 is 0 Å². The van der Waals surface area contributed by atoms with E-state index in [1.54, 1.807) is 97.3 Å². The van der Waals surface area contributed by atoms with Crippen LogP contribution in [0.5, 0.6) is 11.5 Å². The number of hydrogen-bond donors (Lipinski definition) is 2. The summed E-state index contributed by atoms with van der Waals surface area (Å²) in [6.07, 6.45) is 4.80. The lowest BCUT2D eigenvalue weighted by molar-refractivity contribution is -0.113. The molecule has 0 saturated heterocycles. The van der Waals surface area contributed by atoms with E-state index < -0.39 is 11.8 Å². The Bertz CT molecular complexity index is 1510. The fraction of sp³-hybridized carbons (Fsp3) is 0.0645. The van der Waals surface area contributed by atoms with E-state index in [4.69, 9.17) is 9.47 Å². The van der Waals surface area contributed by atoms with Gasteiger partial charge in [-0.05, 0) is 83.1 Å². The molecule has 196 valence electrons. The number of ketones is 1. The van der Waals surface area contributed by atoms with Gasteiger partial charge in [-0.2, -0.15) is 11.3 Å². The maximum Gasteiger partial charge on any atom is 0.272 e. The highest BCUT2D eigenvalue weighted by molar-refractivity contribution is 7.08. The number of ether oxygens (including phenoxy) is 2. The Kier molecular flexibility index (Phi) is 9.05. The monoisotopic (exact) mass is 538 g/mol. The van der Waals surface area contributed by atoms with Crippen LogP contribution in [0.25, 0.3) is 12.2 Å². The van der Waals surface area contributed by atoms with Crippen molar-refractivity contribution in [1.29, 1.82) is 0 Å². The molecule has 0 radical (unpaired) electrons. The van der Waals surface area contributed by atoms with Crippen LogP contribution in [-0.4, -0.2) is 31.8 Å². The molecule has 7 nitrogen and oxygen atoms in total. The summed E-state index contributed by atoms with van der Waals surface area (Å²) >= 11 is 1.56. The number of nitrogens with one attached hydrogen (secondary N) is 2. The van der Waals surface area contributed by atoms with Gasteiger partial charge in [-0.15, -0.1) is 0 Å². The molecule has 0 saturated carbocycles. The van der Waals surface area contributed by atoms with Crippen LogP contribution in [0.4, 0.5) is 5.69 Å². The van der Waals surface area contributed by atoms with E-state index in [0.29, 0.717) is 33.9 Å². The zero-order chi connectivity index (χ0) is 27.6. The van der Waals surface area contributed by atoms with Gasteiger partial charge >= 0.3 is 0 Å². The molecule has 1 aromatic heterocycles. The minimum Gasteiger partial charge on any atom is -0.497 e. The molecule has 0 spiro atoms. The van der Waals surface area contributed by atoms with Gasteiger partial charge in [-0.1, -0.05) is 24.3 Å². The van der Waals surface area contributed by atoms with Crippen LogP contribution in [-0.2, 0) is 4.79 Å². The third-order valence-corrected chi connectivity index (χ3v) is 6.37. The number of anilines is 1. The molecule has 2 amide bonds. The molecule has 0 fully saturated rings. The van der Waals surface area contributed by atoms with Crippen molar-refractivity contribution in [2.24, 2.45) is 0 Å². The SMILES string of the molecule is COc1ccc(/C=C(\NC(=O)c2ccccc2)C(=O)Nc2ccc(C(=O)/C=C/c3ccsc3)cc2)c(OC)c1. The van der Waals surface area contributed by atoms with Gasteiger partial charge in [0.25, 0.3) is 11.8 Å². The van der Waals surface area contributed by atoms with Gasteiger partial charge in [0.15, 0.2) is 5.78 Å². The molecule has 0 aliphatic carbocycles. The third kappa shape index (κ3) is 7.30. The van der Waals surface area contributed by atoms with Crippen molar-refractivity contribution < 1.29 is 23.9 Å². The number of thiophene rings is 1. The van der Waals surface area contributed by atoms with Crippen molar-refractivity contribution in [2.45, 2.75) is 0 Å². The fourth-order valence-electron chi connectivity index (χ4n) is 3.59.